The van der Waals surface area contributed by atoms with E-state index in [9.17, 15) is 13.2 Å². The molecule has 1 amide bonds. The fourth-order valence-electron chi connectivity index (χ4n) is 2.69. The Hall–Kier alpha value is -2.64. The molecule has 0 aliphatic carbocycles. The van der Waals surface area contributed by atoms with E-state index in [1.807, 2.05) is 13.0 Å². The number of carbonyl (C=O) groups excluding carboxylic acids is 1. The summed E-state index contributed by atoms with van der Waals surface area (Å²) in [6.07, 6.45) is -0.157. The van der Waals surface area contributed by atoms with E-state index in [-0.39, 0.29) is 17.1 Å². The molecule has 1 aromatic heterocycles. The van der Waals surface area contributed by atoms with Crippen LogP contribution in [0.3, 0.4) is 0 Å². The normalized spacial score (nSPS) is 11.4. The van der Waals surface area contributed by atoms with Crippen LogP contribution in [0.4, 0.5) is 5.82 Å². The van der Waals surface area contributed by atoms with Gasteiger partial charge < -0.3 is 5.32 Å². The van der Waals surface area contributed by atoms with E-state index in [1.54, 1.807) is 60.1 Å². The Morgan fingerprint density at radius 3 is 2.50 bits per heavy atom. The largest absolute Gasteiger partial charge is 0.311 e. The highest BCUT2D eigenvalue weighted by Crippen LogP contribution is 2.20. The molecule has 0 unspecified atom stereocenters. The summed E-state index contributed by atoms with van der Waals surface area (Å²) in [4.78, 5) is 12.6. The zero-order valence-corrected chi connectivity index (χ0v) is 17.1. The van der Waals surface area contributed by atoms with Crippen LogP contribution in [0.5, 0.6) is 0 Å². The van der Waals surface area contributed by atoms with Gasteiger partial charge in [-0.1, -0.05) is 35.4 Å². The van der Waals surface area contributed by atoms with Crippen molar-refractivity contribution in [1.29, 1.82) is 0 Å². The number of nitrogens with one attached hydrogen (secondary N) is 1. The molecular formula is C20H20ClN3O3S. The maximum Gasteiger partial charge on any atom is 0.226 e. The number of sulfone groups is 1. The van der Waals surface area contributed by atoms with Crippen molar-refractivity contribution in [3.05, 3.63) is 70.9 Å². The third-order valence-electron chi connectivity index (χ3n) is 4.13. The van der Waals surface area contributed by atoms with Gasteiger partial charge >= 0.3 is 0 Å². The first-order valence-corrected chi connectivity index (χ1v) is 10.7. The second-order valence-electron chi connectivity index (χ2n) is 6.49. The quantitative estimate of drug-likeness (QED) is 0.658. The predicted octanol–water partition coefficient (Wildman–Crippen LogP) is 3.95. The van der Waals surface area contributed by atoms with E-state index in [0.717, 1.165) is 5.56 Å². The second-order valence-corrected chi connectivity index (χ2v) is 9.04. The number of nitrogens with zero attached hydrogens (tertiary/aromatic N) is 2. The molecule has 146 valence electrons. The smallest absolute Gasteiger partial charge is 0.226 e. The van der Waals surface area contributed by atoms with E-state index in [1.165, 1.54) is 0 Å². The third kappa shape index (κ3) is 4.79. The number of hydrogen-bond donors (Lipinski definition) is 1. The van der Waals surface area contributed by atoms with Gasteiger partial charge in [0.25, 0.3) is 0 Å². The van der Waals surface area contributed by atoms with Gasteiger partial charge in [-0.05, 0) is 44.2 Å². The van der Waals surface area contributed by atoms with Gasteiger partial charge in [-0.3, -0.25) is 4.79 Å². The summed E-state index contributed by atoms with van der Waals surface area (Å²) < 4.78 is 26.4. The number of anilines is 1. The van der Waals surface area contributed by atoms with E-state index in [0.29, 0.717) is 22.2 Å². The minimum absolute atomic E-state index is 0.157. The van der Waals surface area contributed by atoms with Crippen molar-refractivity contribution in [3.8, 4) is 5.69 Å². The number of halogens is 1. The third-order valence-corrected chi connectivity index (χ3v) is 6.10. The topological polar surface area (TPSA) is 81.1 Å². The first-order chi connectivity index (χ1) is 13.2. The van der Waals surface area contributed by atoms with Crippen molar-refractivity contribution in [2.24, 2.45) is 0 Å². The van der Waals surface area contributed by atoms with Crippen LogP contribution >= 0.6 is 11.6 Å². The molecular weight excluding hydrogens is 398 g/mol. The van der Waals surface area contributed by atoms with Crippen LogP contribution in [0, 0.1) is 13.8 Å². The van der Waals surface area contributed by atoms with Crippen LogP contribution in [0.15, 0.2) is 59.5 Å². The summed E-state index contributed by atoms with van der Waals surface area (Å²) in [6.45, 7) is 3.69. The fourth-order valence-corrected chi connectivity index (χ4v) is 4.11. The monoisotopic (exact) mass is 417 g/mol. The van der Waals surface area contributed by atoms with Crippen LogP contribution in [-0.4, -0.2) is 29.9 Å². The van der Waals surface area contributed by atoms with Gasteiger partial charge in [-0.2, -0.15) is 5.10 Å². The molecule has 0 aliphatic rings. The lowest BCUT2D eigenvalue weighted by Gasteiger charge is -2.10. The number of carbonyl (C=O) groups is 1. The van der Waals surface area contributed by atoms with Gasteiger partial charge in [0.05, 0.1) is 22.0 Å². The van der Waals surface area contributed by atoms with Crippen LogP contribution in [0.2, 0.25) is 5.02 Å². The molecule has 1 N–H and O–H groups in total. The van der Waals surface area contributed by atoms with Gasteiger partial charge in [0.1, 0.15) is 5.82 Å². The Balaban J connectivity index is 1.71. The lowest BCUT2D eigenvalue weighted by Crippen LogP contribution is -2.19. The van der Waals surface area contributed by atoms with E-state index >= 15 is 0 Å². The van der Waals surface area contributed by atoms with Crippen LogP contribution < -0.4 is 5.32 Å². The first kappa shape index (κ1) is 20.1. The predicted molar refractivity (Wildman–Crippen MR) is 110 cm³/mol. The zero-order chi connectivity index (χ0) is 20.3. The molecule has 0 fully saturated rings. The molecule has 0 aliphatic heterocycles. The lowest BCUT2D eigenvalue weighted by atomic mass is 10.2. The summed E-state index contributed by atoms with van der Waals surface area (Å²) in [5.41, 5.74) is 2.38. The number of hydrogen-bond acceptors (Lipinski definition) is 4. The maximum atomic E-state index is 12.4. The molecule has 2 aromatic carbocycles. The molecule has 0 saturated heterocycles. The maximum absolute atomic E-state index is 12.4. The number of amides is 1. The van der Waals surface area contributed by atoms with Crippen molar-refractivity contribution in [1.82, 2.24) is 9.78 Å². The molecule has 6 nitrogen and oxygen atoms in total. The molecule has 3 rings (SSSR count). The highest BCUT2D eigenvalue weighted by molar-refractivity contribution is 7.91. The average Bonchev–Trinajstić information content (AvgIpc) is 3.01. The van der Waals surface area contributed by atoms with Gasteiger partial charge in [0, 0.05) is 17.5 Å². The molecule has 28 heavy (non-hydrogen) atoms. The van der Waals surface area contributed by atoms with Crippen LogP contribution in [0.25, 0.3) is 5.69 Å². The Morgan fingerprint density at radius 1 is 1.11 bits per heavy atom. The summed E-state index contributed by atoms with van der Waals surface area (Å²) in [5.74, 6) is -0.219. The standard InChI is InChI=1S/C20H20ClN3O3S/c1-14-6-8-18(9-7-14)28(26,27)11-10-20(25)22-19-12-15(2)23-24(19)17-5-3-4-16(21)13-17/h3-9,12-13H,10-11H2,1-2H3,(H,22,25). The summed E-state index contributed by atoms with van der Waals surface area (Å²) in [7, 11) is -3.53. The van der Waals surface area contributed by atoms with Crippen molar-refractivity contribution >= 4 is 33.2 Å². The summed E-state index contributed by atoms with van der Waals surface area (Å²) >= 11 is 6.03. The molecule has 0 bridgehead atoms. The van der Waals surface area contributed by atoms with Crippen molar-refractivity contribution in [2.45, 2.75) is 25.2 Å². The first-order valence-electron chi connectivity index (χ1n) is 8.66. The van der Waals surface area contributed by atoms with E-state index in [4.69, 9.17) is 11.6 Å². The molecule has 0 atom stereocenters. The molecule has 0 spiro atoms. The zero-order valence-electron chi connectivity index (χ0n) is 15.5. The second kappa shape index (κ2) is 8.16. The van der Waals surface area contributed by atoms with Gasteiger partial charge in [0.2, 0.25) is 5.91 Å². The Kier molecular flexibility index (Phi) is 5.86. The van der Waals surface area contributed by atoms with Crippen LogP contribution in [-0.2, 0) is 14.6 Å². The van der Waals surface area contributed by atoms with Gasteiger partial charge in [-0.15, -0.1) is 0 Å². The number of aryl methyl sites for hydroxylation is 2. The van der Waals surface area contributed by atoms with E-state index < -0.39 is 15.7 Å². The van der Waals surface area contributed by atoms with Crippen LogP contribution in [0.1, 0.15) is 17.7 Å². The number of rotatable bonds is 6. The van der Waals surface area contributed by atoms with Crippen molar-refractivity contribution in [2.75, 3.05) is 11.1 Å². The molecule has 0 saturated carbocycles. The minimum Gasteiger partial charge on any atom is -0.311 e. The Morgan fingerprint density at radius 2 is 1.82 bits per heavy atom. The van der Waals surface area contributed by atoms with Crippen molar-refractivity contribution in [3.63, 3.8) is 0 Å². The molecule has 3 aromatic rings. The SMILES string of the molecule is Cc1ccc(S(=O)(=O)CCC(=O)Nc2cc(C)nn2-c2cccc(Cl)c2)cc1. The fraction of sp³-hybridized carbons (Fsp3) is 0.200. The summed E-state index contributed by atoms with van der Waals surface area (Å²) in [5, 5.41) is 7.65. The average molecular weight is 418 g/mol. The van der Waals surface area contributed by atoms with Crippen molar-refractivity contribution < 1.29 is 13.2 Å². The Labute approximate surface area is 169 Å². The number of aromatic nitrogens is 2. The molecule has 8 heteroatoms. The summed E-state index contributed by atoms with van der Waals surface area (Å²) in [6, 6.07) is 15.4. The van der Waals surface area contributed by atoms with E-state index in [2.05, 4.69) is 10.4 Å². The Bertz CT molecular complexity index is 1110. The number of benzene rings is 2. The van der Waals surface area contributed by atoms with Gasteiger partial charge in [-0.25, -0.2) is 13.1 Å². The highest BCUT2D eigenvalue weighted by atomic mass is 35.5. The highest BCUT2D eigenvalue weighted by Gasteiger charge is 2.18. The van der Waals surface area contributed by atoms with Gasteiger partial charge in [0.15, 0.2) is 9.84 Å². The lowest BCUT2D eigenvalue weighted by molar-refractivity contribution is -0.115. The molecule has 1 heterocycles. The molecule has 0 radical (unpaired) electrons. The minimum atomic E-state index is -3.53.